The SMILES string of the molecule is CC(O)NC(=O)c1ccc2ccccc2c1. The van der Waals surface area contributed by atoms with Gasteiger partial charge in [0.1, 0.15) is 6.23 Å². The van der Waals surface area contributed by atoms with Gasteiger partial charge in [-0.15, -0.1) is 0 Å². The predicted octanol–water partition coefficient (Wildman–Crippen LogP) is 1.91. The predicted molar refractivity (Wildman–Crippen MR) is 63.1 cm³/mol. The molecular weight excluding hydrogens is 202 g/mol. The zero-order valence-electron chi connectivity index (χ0n) is 8.97. The fourth-order valence-corrected chi connectivity index (χ4v) is 1.60. The second-order valence-corrected chi connectivity index (χ2v) is 3.71. The van der Waals surface area contributed by atoms with E-state index in [4.69, 9.17) is 5.11 Å². The quantitative estimate of drug-likeness (QED) is 0.752. The number of benzene rings is 2. The molecule has 1 atom stereocenters. The van der Waals surface area contributed by atoms with Gasteiger partial charge in [0.2, 0.25) is 0 Å². The first-order chi connectivity index (χ1) is 7.66. The van der Waals surface area contributed by atoms with Crippen LogP contribution in [0.25, 0.3) is 10.8 Å². The summed E-state index contributed by atoms with van der Waals surface area (Å²) in [6.45, 7) is 1.51. The van der Waals surface area contributed by atoms with Crippen LogP contribution in [-0.2, 0) is 0 Å². The van der Waals surface area contributed by atoms with E-state index in [9.17, 15) is 4.79 Å². The molecule has 3 heteroatoms. The molecule has 2 rings (SSSR count). The van der Waals surface area contributed by atoms with E-state index in [2.05, 4.69) is 5.32 Å². The van der Waals surface area contributed by atoms with Crippen molar-refractivity contribution in [3.8, 4) is 0 Å². The van der Waals surface area contributed by atoms with Crippen LogP contribution in [0.15, 0.2) is 42.5 Å². The molecule has 82 valence electrons. The summed E-state index contributed by atoms with van der Waals surface area (Å²) in [6, 6.07) is 13.3. The average molecular weight is 215 g/mol. The van der Waals surface area contributed by atoms with Crippen LogP contribution >= 0.6 is 0 Å². The lowest BCUT2D eigenvalue weighted by atomic mass is 10.1. The number of aliphatic hydroxyl groups is 1. The zero-order valence-corrected chi connectivity index (χ0v) is 8.97. The first-order valence-electron chi connectivity index (χ1n) is 5.14. The van der Waals surface area contributed by atoms with E-state index in [1.165, 1.54) is 6.92 Å². The van der Waals surface area contributed by atoms with Crippen molar-refractivity contribution >= 4 is 16.7 Å². The Morgan fingerprint density at radius 1 is 1.19 bits per heavy atom. The third kappa shape index (κ3) is 2.20. The Labute approximate surface area is 93.7 Å². The molecule has 2 aromatic rings. The molecule has 0 aliphatic rings. The molecule has 0 heterocycles. The van der Waals surface area contributed by atoms with Crippen molar-refractivity contribution in [2.75, 3.05) is 0 Å². The fourth-order valence-electron chi connectivity index (χ4n) is 1.60. The minimum absolute atomic E-state index is 0.263. The lowest BCUT2D eigenvalue weighted by molar-refractivity contribution is 0.0819. The van der Waals surface area contributed by atoms with Gasteiger partial charge in [-0.2, -0.15) is 0 Å². The Morgan fingerprint density at radius 2 is 1.88 bits per heavy atom. The monoisotopic (exact) mass is 215 g/mol. The van der Waals surface area contributed by atoms with Gasteiger partial charge in [-0.25, -0.2) is 0 Å². The Bertz CT molecular complexity index is 520. The van der Waals surface area contributed by atoms with Crippen LogP contribution < -0.4 is 5.32 Å². The standard InChI is InChI=1S/C13H13NO2/c1-9(15)14-13(16)12-7-6-10-4-2-3-5-11(10)8-12/h2-9,15H,1H3,(H,14,16). The number of hydrogen-bond donors (Lipinski definition) is 2. The van der Waals surface area contributed by atoms with Gasteiger partial charge in [0.25, 0.3) is 5.91 Å². The number of aliphatic hydroxyl groups excluding tert-OH is 1. The molecule has 0 saturated heterocycles. The number of rotatable bonds is 2. The van der Waals surface area contributed by atoms with Crippen LogP contribution in [0.2, 0.25) is 0 Å². The lowest BCUT2D eigenvalue weighted by Gasteiger charge is -2.08. The first-order valence-corrected chi connectivity index (χ1v) is 5.14. The number of carbonyl (C=O) groups excluding carboxylic acids is 1. The highest BCUT2D eigenvalue weighted by Crippen LogP contribution is 2.15. The van der Waals surface area contributed by atoms with Gasteiger partial charge in [-0.3, -0.25) is 4.79 Å². The summed E-state index contributed by atoms with van der Waals surface area (Å²) in [4.78, 5) is 11.6. The van der Waals surface area contributed by atoms with E-state index >= 15 is 0 Å². The maximum atomic E-state index is 11.6. The van der Waals surface area contributed by atoms with Crippen LogP contribution in [-0.4, -0.2) is 17.2 Å². The topological polar surface area (TPSA) is 49.3 Å². The highest BCUT2D eigenvalue weighted by atomic mass is 16.3. The maximum absolute atomic E-state index is 11.6. The van der Waals surface area contributed by atoms with Gasteiger partial charge < -0.3 is 10.4 Å². The van der Waals surface area contributed by atoms with Gasteiger partial charge in [0, 0.05) is 5.56 Å². The number of nitrogens with one attached hydrogen (secondary N) is 1. The molecule has 2 N–H and O–H groups in total. The van der Waals surface area contributed by atoms with Gasteiger partial charge in [0.15, 0.2) is 0 Å². The molecule has 0 radical (unpaired) electrons. The summed E-state index contributed by atoms with van der Waals surface area (Å²) >= 11 is 0. The summed E-state index contributed by atoms with van der Waals surface area (Å²) in [5.41, 5.74) is 0.555. The second-order valence-electron chi connectivity index (χ2n) is 3.71. The molecule has 0 saturated carbocycles. The van der Waals surface area contributed by atoms with Crippen LogP contribution in [0.5, 0.6) is 0 Å². The first kappa shape index (κ1) is 10.6. The number of hydrogen-bond acceptors (Lipinski definition) is 2. The van der Waals surface area contributed by atoms with Gasteiger partial charge in [-0.05, 0) is 29.8 Å². The van der Waals surface area contributed by atoms with E-state index in [1.54, 1.807) is 6.07 Å². The highest BCUT2D eigenvalue weighted by Gasteiger charge is 2.07. The summed E-state index contributed by atoms with van der Waals surface area (Å²) in [7, 11) is 0. The highest BCUT2D eigenvalue weighted by molar-refractivity contribution is 5.98. The second kappa shape index (κ2) is 4.33. The molecule has 2 aromatic carbocycles. The van der Waals surface area contributed by atoms with Crippen LogP contribution in [0.1, 0.15) is 17.3 Å². The molecule has 0 aliphatic carbocycles. The molecule has 0 aromatic heterocycles. The van der Waals surface area contributed by atoms with E-state index in [1.807, 2.05) is 36.4 Å². The van der Waals surface area contributed by atoms with Gasteiger partial charge >= 0.3 is 0 Å². The number of amides is 1. The summed E-state index contributed by atoms with van der Waals surface area (Å²) in [6.07, 6.45) is -0.834. The molecule has 1 amide bonds. The molecular formula is C13H13NO2. The number of carbonyl (C=O) groups is 1. The van der Waals surface area contributed by atoms with E-state index < -0.39 is 6.23 Å². The number of fused-ring (bicyclic) bond motifs is 1. The van der Waals surface area contributed by atoms with E-state index in [0.29, 0.717) is 5.56 Å². The summed E-state index contributed by atoms with van der Waals surface area (Å²) < 4.78 is 0. The van der Waals surface area contributed by atoms with Gasteiger partial charge in [-0.1, -0.05) is 30.3 Å². The Hall–Kier alpha value is -1.87. The van der Waals surface area contributed by atoms with Crippen molar-refractivity contribution in [1.29, 1.82) is 0 Å². The normalized spacial score (nSPS) is 12.4. The van der Waals surface area contributed by atoms with Crippen molar-refractivity contribution < 1.29 is 9.90 Å². The van der Waals surface area contributed by atoms with E-state index in [0.717, 1.165) is 10.8 Å². The van der Waals surface area contributed by atoms with E-state index in [-0.39, 0.29) is 5.91 Å². The average Bonchev–Trinajstić information content (AvgIpc) is 2.27. The fraction of sp³-hybridized carbons (Fsp3) is 0.154. The van der Waals surface area contributed by atoms with Crippen molar-refractivity contribution in [1.82, 2.24) is 5.32 Å². The van der Waals surface area contributed by atoms with Gasteiger partial charge in [0.05, 0.1) is 0 Å². The van der Waals surface area contributed by atoms with Crippen molar-refractivity contribution in [2.45, 2.75) is 13.2 Å². The maximum Gasteiger partial charge on any atom is 0.253 e. The largest absolute Gasteiger partial charge is 0.374 e. The summed E-state index contributed by atoms with van der Waals surface area (Å²) in [5.74, 6) is -0.263. The molecule has 0 bridgehead atoms. The molecule has 0 aliphatic heterocycles. The van der Waals surface area contributed by atoms with Crippen LogP contribution in [0.4, 0.5) is 0 Å². The molecule has 16 heavy (non-hydrogen) atoms. The van der Waals surface area contributed by atoms with Crippen molar-refractivity contribution in [2.24, 2.45) is 0 Å². The third-order valence-electron chi connectivity index (χ3n) is 2.35. The Kier molecular flexibility index (Phi) is 2.88. The third-order valence-corrected chi connectivity index (χ3v) is 2.35. The van der Waals surface area contributed by atoms with Crippen LogP contribution in [0, 0.1) is 0 Å². The van der Waals surface area contributed by atoms with Crippen LogP contribution in [0.3, 0.4) is 0 Å². The molecule has 0 fully saturated rings. The Balaban J connectivity index is 2.35. The zero-order chi connectivity index (χ0) is 11.5. The minimum Gasteiger partial charge on any atom is -0.374 e. The molecule has 1 unspecified atom stereocenters. The summed E-state index contributed by atoms with van der Waals surface area (Å²) in [5, 5.41) is 13.6. The molecule has 0 spiro atoms. The minimum atomic E-state index is -0.834. The smallest absolute Gasteiger partial charge is 0.253 e. The lowest BCUT2D eigenvalue weighted by Crippen LogP contribution is -2.31. The molecule has 3 nitrogen and oxygen atoms in total. The van der Waals surface area contributed by atoms with Crippen molar-refractivity contribution in [3.63, 3.8) is 0 Å². The Morgan fingerprint density at radius 3 is 2.56 bits per heavy atom. The van der Waals surface area contributed by atoms with Crippen molar-refractivity contribution in [3.05, 3.63) is 48.0 Å².